The van der Waals surface area contributed by atoms with Crippen LogP contribution < -0.4 is 5.73 Å². The van der Waals surface area contributed by atoms with Gasteiger partial charge in [-0.3, -0.25) is 4.79 Å². The Morgan fingerprint density at radius 1 is 1.37 bits per heavy atom. The molecule has 1 aromatic rings. The number of benzene rings is 1. The monoisotopic (exact) mass is 324 g/mol. The van der Waals surface area contributed by atoms with Crippen molar-refractivity contribution in [3.8, 4) is 0 Å². The summed E-state index contributed by atoms with van der Waals surface area (Å²) in [5.41, 5.74) is 7.12. The summed E-state index contributed by atoms with van der Waals surface area (Å²) in [4.78, 5) is 14.4. The van der Waals surface area contributed by atoms with E-state index in [1.165, 1.54) is 0 Å². The number of carbonyl (C=O) groups is 1. The third kappa shape index (κ3) is 3.30. The Morgan fingerprint density at radius 3 is 2.53 bits per heavy atom. The molecule has 0 atom stereocenters. The zero-order valence-electron chi connectivity index (χ0n) is 11.5. The Bertz CT molecular complexity index is 465. The van der Waals surface area contributed by atoms with Crippen LogP contribution in [0, 0.1) is 11.8 Å². The summed E-state index contributed by atoms with van der Waals surface area (Å²) in [6, 6.07) is 5.39. The van der Waals surface area contributed by atoms with Crippen molar-refractivity contribution < 1.29 is 4.79 Å². The first-order chi connectivity index (χ1) is 8.99. The van der Waals surface area contributed by atoms with E-state index in [1.54, 1.807) is 12.1 Å². The maximum Gasteiger partial charge on any atom is 0.253 e. The van der Waals surface area contributed by atoms with E-state index < -0.39 is 0 Å². The number of carbonyl (C=O) groups excluding carboxylic acids is 1. The quantitative estimate of drug-likeness (QED) is 0.846. The van der Waals surface area contributed by atoms with Crippen LogP contribution in [0.2, 0.25) is 0 Å². The van der Waals surface area contributed by atoms with Crippen LogP contribution in [-0.4, -0.2) is 23.9 Å². The minimum Gasteiger partial charge on any atom is -0.398 e. The van der Waals surface area contributed by atoms with Crippen molar-refractivity contribution in [2.24, 2.45) is 11.8 Å². The molecule has 0 aromatic heterocycles. The van der Waals surface area contributed by atoms with E-state index in [9.17, 15) is 4.79 Å². The van der Waals surface area contributed by atoms with E-state index >= 15 is 0 Å². The van der Waals surface area contributed by atoms with Gasteiger partial charge in [0.1, 0.15) is 0 Å². The fourth-order valence-electron chi connectivity index (χ4n) is 2.61. The van der Waals surface area contributed by atoms with Gasteiger partial charge in [0, 0.05) is 28.8 Å². The number of anilines is 1. The average Bonchev–Trinajstić information content (AvgIpc) is 2.41. The number of rotatable bonds is 2. The number of nitrogens with two attached hydrogens (primary N) is 1. The lowest BCUT2D eigenvalue weighted by atomic mass is 9.86. The maximum atomic E-state index is 12.4. The molecule has 104 valence electrons. The van der Waals surface area contributed by atoms with Gasteiger partial charge in [-0.25, -0.2) is 0 Å². The Labute approximate surface area is 123 Å². The van der Waals surface area contributed by atoms with Crippen molar-refractivity contribution in [3.05, 3.63) is 28.2 Å². The second-order valence-electron chi connectivity index (χ2n) is 5.61. The zero-order chi connectivity index (χ0) is 14.0. The molecule has 0 spiro atoms. The maximum absolute atomic E-state index is 12.4. The Kier molecular flexibility index (Phi) is 4.50. The standard InChI is InChI=1S/C15H21BrN2O/c1-10(2)11-5-7-18(8-6-11)15(19)12-3-4-14(17)13(16)9-12/h3-4,9-11H,5-8,17H2,1-2H3. The van der Waals surface area contributed by atoms with E-state index in [2.05, 4.69) is 29.8 Å². The van der Waals surface area contributed by atoms with E-state index in [1.807, 2.05) is 11.0 Å². The molecule has 2 rings (SSSR count). The summed E-state index contributed by atoms with van der Waals surface area (Å²) in [5, 5.41) is 0. The molecule has 2 N–H and O–H groups in total. The van der Waals surface area contributed by atoms with Crippen LogP contribution in [0.4, 0.5) is 5.69 Å². The summed E-state index contributed by atoms with van der Waals surface area (Å²) in [6.07, 6.45) is 2.22. The molecule has 0 unspecified atom stereocenters. The minimum absolute atomic E-state index is 0.114. The van der Waals surface area contributed by atoms with Crippen molar-refractivity contribution in [3.63, 3.8) is 0 Å². The van der Waals surface area contributed by atoms with Crippen LogP contribution in [0.15, 0.2) is 22.7 Å². The van der Waals surface area contributed by atoms with E-state index in [4.69, 9.17) is 5.73 Å². The van der Waals surface area contributed by atoms with E-state index in [0.29, 0.717) is 17.2 Å². The Balaban J connectivity index is 2.03. The Hall–Kier alpha value is -1.03. The lowest BCUT2D eigenvalue weighted by Gasteiger charge is -2.34. The molecule has 0 saturated carbocycles. The van der Waals surface area contributed by atoms with Gasteiger partial charge in [-0.1, -0.05) is 13.8 Å². The molecular formula is C15H21BrN2O. The van der Waals surface area contributed by atoms with E-state index in [-0.39, 0.29) is 5.91 Å². The predicted octanol–water partition coefficient (Wildman–Crippen LogP) is 3.54. The molecule has 0 aliphatic carbocycles. The second-order valence-corrected chi connectivity index (χ2v) is 6.46. The first-order valence-electron chi connectivity index (χ1n) is 6.83. The number of halogens is 1. The number of hydrogen-bond acceptors (Lipinski definition) is 2. The van der Waals surface area contributed by atoms with Gasteiger partial charge in [0.25, 0.3) is 5.91 Å². The van der Waals surface area contributed by atoms with Crippen LogP contribution in [0.3, 0.4) is 0 Å². The van der Waals surface area contributed by atoms with Crippen LogP contribution in [0.1, 0.15) is 37.0 Å². The molecule has 1 heterocycles. The van der Waals surface area contributed by atoms with Crippen LogP contribution in [0.5, 0.6) is 0 Å². The third-order valence-corrected chi connectivity index (χ3v) is 4.70. The molecule has 0 bridgehead atoms. The molecule has 1 fully saturated rings. The fraction of sp³-hybridized carbons (Fsp3) is 0.533. The third-order valence-electron chi connectivity index (χ3n) is 4.02. The summed E-state index contributed by atoms with van der Waals surface area (Å²) < 4.78 is 0.787. The fourth-order valence-corrected chi connectivity index (χ4v) is 2.99. The average molecular weight is 325 g/mol. The normalized spacial score (nSPS) is 16.9. The number of nitrogen functional groups attached to an aromatic ring is 1. The predicted molar refractivity (Wildman–Crippen MR) is 82.0 cm³/mol. The van der Waals surface area contributed by atoms with Gasteiger partial charge >= 0.3 is 0 Å². The lowest BCUT2D eigenvalue weighted by molar-refractivity contribution is 0.0667. The molecular weight excluding hydrogens is 304 g/mol. The SMILES string of the molecule is CC(C)C1CCN(C(=O)c2ccc(N)c(Br)c2)CC1. The largest absolute Gasteiger partial charge is 0.398 e. The number of nitrogens with zero attached hydrogens (tertiary/aromatic N) is 1. The smallest absolute Gasteiger partial charge is 0.253 e. The molecule has 1 aliphatic heterocycles. The van der Waals surface area contributed by atoms with Gasteiger partial charge < -0.3 is 10.6 Å². The topological polar surface area (TPSA) is 46.3 Å². The lowest BCUT2D eigenvalue weighted by Crippen LogP contribution is -2.39. The minimum atomic E-state index is 0.114. The zero-order valence-corrected chi connectivity index (χ0v) is 13.1. The van der Waals surface area contributed by atoms with Gasteiger partial charge in [0.05, 0.1) is 0 Å². The summed E-state index contributed by atoms with van der Waals surface area (Å²) in [6.45, 7) is 6.26. The van der Waals surface area contributed by atoms with Crippen LogP contribution in [0.25, 0.3) is 0 Å². The molecule has 1 amide bonds. The van der Waals surface area contributed by atoms with Crippen LogP contribution in [-0.2, 0) is 0 Å². The Morgan fingerprint density at radius 2 is 2.00 bits per heavy atom. The number of amides is 1. The highest BCUT2D eigenvalue weighted by atomic mass is 79.9. The molecule has 3 nitrogen and oxygen atoms in total. The van der Waals surface area contributed by atoms with Crippen molar-refractivity contribution >= 4 is 27.5 Å². The second kappa shape index (κ2) is 5.95. The van der Waals surface area contributed by atoms with Crippen molar-refractivity contribution in [2.45, 2.75) is 26.7 Å². The summed E-state index contributed by atoms with van der Waals surface area (Å²) >= 11 is 3.37. The molecule has 19 heavy (non-hydrogen) atoms. The highest BCUT2D eigenvalue weighted by Crippen LogP contribution is 2.26. The molecule has 1 saturated heterocycles. The van der Waals surface area contributed by atoms with Gasteiger partial charge in [-0.15, -0.1) is 0 Å². The van der Waals surface area contributed by atoms with Crippen molar-refractivity contribution in [1.29, 1.82) is 0 Å². The van der Waals surface area contributed by atoms with E-state index in [0.717, 1.165) is 36.3 Å². The molecule has 1 aliphatic rings. The first-order valence-corrected chi connectivity index (χ1v) is 7.62. The number of likely N-dealkylation sites (tertiary alicyclic amines) is 1. The first kappa shape index (κ1) is 14.4. The summed E-state index contributed by atoms with van der Waals surface area (Å²) in [7, 11) is 0. The summed E-state index contributed by atoms with van der Waals surface area (Å²) in [5.74, 6) is 1.58. The highest BCUT2D eigenvalue weighted by Gasteiger charge is 2.25. The van der Waals surface area contributed by atoms with Gasteiger partial charge in [0.2, 0.25) is 0 Å². The van der Waals surface area contributed by atoms with Crippen molar-refractivity contribution in [2.75, 3.05) is 18.8 Å². The molecule has 4 heteroatoms. The van der Waals surface area contributed by atoms with Crippen molar-refractivity contribution in [1.82, 2.24) is 4.90 Å². The number of piperidine rings is 1. The van der Waals surface area contributed by atoms with Crippen LogP contribution >= 0.6 is 15.9 Å². The number of hydrogen-bond donors (Lipinski definition) is 1. The highest BCUT2D eigenvalue weighted by molar-refractivity contribution is 9.10. The molecule has 1 aromatic carbocycles. The van der Waals surface area contributed by atoms with Gasteiger partial charge in [0.15, 0.2) is 0 Å². The molecule has 0 radical (unpaired) electrons. The van der Waals surface area contributed by atoms with Gasteiger partial charge in [-0.05, 0) is 58.8 Å². The van der Waals surface area contributed by atoms with Gasteiger partial charge in [-0.2, -0.15) is 0 Å².